The van der Waals surface area contributed by atoms with Gasteiger partial charge in [-0.1, -0.05) is 0 Å². The van der Waals surface area contributed by atoms with Crippen molar-refractivity contribution in [3.8, 4) is 17.2 Å². The molecule has 3 aliphatic rings. The lowest BCUT2D eigenvalue weighted by atomic mass is 9.90. The van der Waals surface area contributed by atoms with Gasteiger partial charge in [-0.3, -0.25) is 28.8 Å². The van der Waals surface area contributed by atoms with E-state index in [1.54, 1.807) is 0 Å². The number of phenolic OH excluding ortho intramolecular Hbond substituents is 2. The molecule has 14 nitrogen and oxygen atoms in total. The number of allylic oxidation sites excluding steroid dienone is 2. The van der Waals surface area contributed by atoms with Crippen molar-refractivity contribution in [2.75, 3.05) is 0 Å². The van der Waals surface area contributed by atoms with Crippen molar-refractivity contribution < 1.29 is 67.4 Å². The molecule has 1 spiro atoms. The SMILES string of the molecule is CC(=O)O[C@@H]1[C@@H](OC(C)=O)[C@H](Oc2c(C)c(O)c3c(c2O)C(=O)C=CC3=O)O[C@]2(C[C@@H]2OC(C)=O)[C@H]1OC(C)=O. The topological polar surface area (TPSA) is 198 Å². The third-order valence-electron chi connectivity index (χ3n) is 6.55. The smallest absolute Gasteiger partial charge is 0.303 e. The van der Waals surface area contributed by atoms with Gasteiger partial charge in [0.05, 0.1) is 11.1 Å². The Hall–Kier alpha value is -4.46. The Bertz CT molecular complexity index is 1360. The first kappa shape index (κ1) is 28.5. The molecule has 40 heavy (non-hydrogen) atoms. The van der Waals surface area contributed by atoms with E-state index in [0.717, 1.165) is 39.8 Å². The molecule has 1 heterocycles. The zero-order valence-electron chi connectivity index (χ0n) is 22.0. The van der Waals surface area contributed by atoms with Gasteiger partial charge in [-0.15, -0.1) is 0 Å². The molecule has 0 amide bonds. The van der Waals surface area contributed by atoms with Gasteiger partial charge >= 0.3 is 23.9 Å². The average Bonchev–Trinajstić information content (AvgIpc) is 3.51. The maximum absolute atomic E-state index is 12.5. The summed E-state index contributed by atoms with van der Waals surface area (Å²) in [6, 6.07) is 0. The molecule has 2 N–H and O–H groups in total. The van der Waals surface area contributed by atoms with Crippen LogP contribution in [0.2, 0.25) is 0 Å². The van der Waals surface area contributed by atoms with Crippen molar-refractivity contribution >= 4 is 35.4 Å². The Morgan fingerprint density at radius 2 is 1.30 bits per heavy atom. The van der Waals surface area contributed by atoms with Gasteiger partial charge in [0, 0.05) is 39.7 Å². The lowest BCUT2D eigenvalue weighted by molar-refractivity contribution is -0.298. The van der Waals surface area contributed by atoms with Gasteiger partial charge in [0.1, 0.15) is 11.9 Å². The molecule has 1 aromatic rings. The molecule has 4 rings (SSSR count). The van der Waals surface area contributed by atoms with Gasteiger partial charge in [0.15, 0.2) is 40.9 Å². The molecule has 2 aliphatic carbocycles. The van der Waals surface area contributed by atoms with E-state index < -0.39 is 100 Å². The zero-order chi connectivity index (χ0) is 29.7. The van der Waals surface area contributed by atoms with E-state index in [9.17, 15) is 39.0 Å². The van der Waals surface area contributed by atoms with Crippen molar-refractivity contribution in [2.45, 2.75) is 77.3 Å². The Balaban J connectivity index is 1.85. The second-order valence-corrected chi connectivity index (χ2v) is 9.50. The summed E-state index contributed by atoms with van der Waals surface area (Å²) in [7, 11) is 0. The summed E-state index contributed by atoms with van der Waals surface area (Å²) in [5.74, 6) is -6.76. The Labute approximate surface area is 226 Å². The van der Waals surface area contributed by atoms with Crippen LogP contribution in [0.3, 0.4) is 0 Å². The van der Waals surface area contributed by atoms with Crippen LogP contribution in [0, 0.1) is 6.92 Å². The highest BCUT2D eigenvalue weighted by Gasteiger charge is 2.74. The minimum absolute atomic E-state index is 0.0485. The predicted octanol–water partition coefficient (Wildman–Crippen LogP) is 0.946. The van der Waals surface area contributed by atoms with Crippen LogP contribution in [-0.4, -0.2) is 82.0 Å². The number of aromatic hydroxyl groups is 2. The Morgan fingerprint density at radius 1 is 0.800 bits per heavy atom. The molecule has 6 atom stereocenters. The second kappa shape index (κ2) is 10.3. The van der Waals surface area contributed by atoms with Crippen LogP contribution < -0.4 is 4.74 Å². The molecule has 0 aromatic heterocycles. The standard InChI is InChI=1S/C26H26O14/c1-9-19(33)17-14(31)6-7-15(32)18(17)20(34)21(9)39-25-23(37-12(4)29)22(36-11(3)28)24(38-13(5)30)26(40-25)8-16(26)35-10(2)27/h6-7,16,22-25,33-34H,8H2,1-5H3/t16-,22+,23+,24-,25+,26-/m0/s1. The minimum atomic E-state index is -1.74. The molecule has 0 bridgehead atoms. The highest BCUT2D eigenvalue weighted by Crippen LogP contribution is 2.54. The van der Waals surface area contributed by atoms with Crippen molar-refractivity contribution in [3.05, 3.63) is 28.8 Å². The van der Waals surface area contributed by atoms with E-state index in [1.165, 1.54) is 6.92 Å². The number of phenols is 2. The van der Waals surface area contributed by atoms with Gasteiger partial charge in [0.25, 0.3) is 0 Å². The van der Waals surface area contributed by atoms with Crippen molar-refractivity contribution in [1.29, 1.82) is 0 Å². The first-order valence-electron chi connectivity index (χ1n) is 12.1. The van der Waals surface area contributed by atoms with Crippen LogP contribution in [0.25, 0.3) is 0 Å². The summed E-state index contributed by atoms with van der Waals surface area (Å²) in [6.45, 7) is 5.59. The number of rotatable bonds is 6. The van der Waals surface area contributed by atoms with Crippen LogP contribution >= 0.6 is 0 Å². The van der Waals surface area contributed by atoms with Crippen LogP contribution in [0.1, 0.15) is 60.4 Å². The lowest BCUT2D eigenvalue weighted by Crippen LogP contribution is -2.65. The minimum Gasteiger partial charge on any atom is -0.507 e. The Morgan fingerprint density at radius 3 is 1.82 bits per heavy atom. The summed E-state index contributed by atoms with van der Waals surface area (Å²) >= 11 is 0. The van der Waals surface area contributed by atoms with E-state index >= 15 is 0 Å². The summed E-state index contributed by atoms with van der Waals surface area (Å²) in [5.41, 5.74) is -2.77. The maximum Gasteiger partial charge on any atom is 0.303 e. The molecular formula is C26H26O14. The number of ketones is 2. The average molecular weight is 562 g/mol. The van der Waals surface area contributed by atoms with Crippen LogP contribution in [0.15, 0.2) is 12.2 Å². The number of hydrogen-bond donors (Lipinski definition) is 2. The number of carbonyl (C=O) groups excluding carboxylic acids is 6. The third-order valence-corrected chi connectivity index (χ3v) is 6.55. The first-order valence-corrected chi connectivity index (χ1v) is 12.1. The molecule has 2 fully saturated rings. The first-order chi connectivity index (χ1) is 18.7. The summed E-state index contributed by atoms with van der Waals surface area (Å²) in [4.78, 5) is 72.8. The van der Waals surface area contributed by atoms with Gasteiger partial charge < -0.3 is 38.6 Å². The van der Waals surface area contributed by atoms with E-state index in [2.05, 4.69) is 0 Å². The summed E-state index contributed by atoms with van der Waals surface area (Å²) in [5, 5.41) is 21.7. The molecule has 214 valence electrons. The van der Waals surface area contributed by atoms with E-state index in [0.29, 0.717) is 0 Å². The Kier molecular flexibility index (Phi) is 7.32. The summed E-state index contributed by atoms with van der Waals surface area (Å²) < 4.78 is 33.4. The highest BCUT2D eigenvalue weighted by atomic mass is 16.8. The number of esters is 4. The fourth-order valence-electron chi connectivity index (χ4n) is 4.90. The van der Waals surface area contributed by atoms with Crippen molar-refractivity contribution in [3.63, 3.8) is 0 Å². The molecule has 0 radical (unpaired) electrons. The fraction of sp³-hybridized carbons (Fsp3) is 0.462. The molecule has 1 saturated carbocycles. The van der Waals surface area contributed by atoms with Crippen molar-refractivity contribution in [2.24, 2.45) is 0 Å². The monoisotopic (exact) mass is 562 g/mol. The van der Waals surface area contributed by atoms with Crippen LogP contribution in [0.5, 0.6) is 17.2 Å². The number of carbonyl (C=O) groups is 6. The van der Waals surface area contributed by atoms with Crippen LogP contribution in [-0.2, 0) is 42.9 Å². The normalized spacial score (nSPS) is 28.4. The zero-order valence-corrected chi connectivity index (χ0v) is 22.0. The lowest BCUT2D eigenvalue weighted by Gasteiger charge is -2.45. The predicted molar refractivity (Wildman–Crippen MR) is 127 cm³/mol. The van der Waals surface area contributed by atoms with Gasteiger partial charge in [-0.05, 0) is 19.1 Å². The van der Waals surface area contributed by atoms with Gasteiger partial charge in [-0.2, -0.15) is 0 Å². The highest BCUT2D eigenvalue weighted by molar-refractivity contribution is 6.24. The third kappa shape index (κ3) is 4.97. The number of benzene rings is 1. The molecular weight excluding hydrogens is 536 g/mol. The van der Waals surface area contributed by atoms with E-state index in [1.807, 2.05) is 0 Å². The maximum atomic E-state index is 12.5. The fourth-order valence-corrected chi connectivity index (χ4v) is 4.90. The molecule has 1 saturated heterocycles. The quantitative estimate of drug-likeness (QED) is 0.282. The van der Waals surface area contributed by atoms with Gasteiger partial charge in [-0.25, -0.2) is 0 Å². The van der Waals surface area contributed by atoms with E-state index in [4.69, 9.17) is 28.4 Å². The van der Waals surface area contributed by atoms with E-state index in [-0.39, 0.29) is 12.0 Å². The molecule has 0 unspecified atom stereocenters. The molecule has 1 aliphatic heterocycles. The summed E-state index contributed by atoms with van der Waals surface area (Å²) in [6.07, 6.45) is -5.57. The number of hydrogen-bond acceptors (Lipinski definition) is 14. The molecule has 1 aromatic carbocycles. The molecule has 14 heteroatoms. The van der Waals surface area contributed by atoms with Crippen molar-refractivity contribution in [1.82, 2.24) is 0 Å². The number of fused-ring (bicyclic) bond motifs is 1. The van der Waals surface area contributed by atoms with Crippen LogP contribution in [0.4, 0.5) is 0 Å². The van der Waals surface area contributed by atoms with Gasteiger partial charge in [0.2, 0.25) is 12.4 Å². The second-order valence-electron chi connectivity index (χ2n) is 9.50. The largest absolute Gasteiger partial charge is 0.507 e. The number of ether oxygens (including phenoxy) is 6.